The topological polar surface area (TPSA) is 76.2 Å². The van der Waals surface area contributed by atoms with Crippen molar-refractivity contribution in [3.05, 3.63) is 58.6 Å². The van der Waals surface area contributed by atoms with Gasteiger partial charge in [0.2, 0.25) is 5.91 Å². The average molecular weight is 433 g/mol. The Balaban J connectivity index is 1.29. The van der Waals surface area contributed by atoms with Crippen LogP contribution in [0.4, 0.5) is 4.79 Å². The first kappa shape index (κ1) is 19.6. The second kappa shape index (κ2) is 8.34. The predicted molar refractivity (Wildman–Crippen MR) is 108 cm³/mol. The van der Waals surface area contributed by atoms with Gasteiger partial charge in [0.25, 0.3) is 11.1 Å². The largest absolute Gasteiger partial charge is 0.492 e. The molecule has 2 heterocycles. The van der Waals surface area contributed by atoms with Gasteiger partial charge in [-0.2, -0.15) is 0 Å². The third kappa shape index (κ3) is 4.33. The zero-order valence-electron chi connectivity index (χ0n) is 15.3. The minimum Gasteiger partial charge on any atom is -0.492 e. The third-order valence-corrected chi connectivity index (χ3v) is 5.66. The van der Waals surface area contributed by atoms with Crippen LogP contribution in [0.1, 0.15) is 15.9 Å². The maximum Gasteiger partial charge on any atom is 0.289 e. The van der Waals surface area contributed by atoms with Gasteiger partial charge in [-0.05, 0) is 35.9 Å². The number of amides is 3. The number of halogens is 1. The summed E-state index contributed by atoms with van der Waals surface area (Å²) < 4.78 is 11.3. The molecule has 2 aromatic rings. The Morgan fingerprint density at radius 2 is 1.90 bits per heavy atom. The van der Waals surface area contributed by atoms with E-state index in [-0.39, 0.29) is 36.1 Å². The second-order valence-electron chi connectivity index (χ2n) is 6.51. The maximum atomic E-state index is 12.5. The van der Waals surface area contributed by atoms with Crippen LogP contribution in [0.2, 0.25) is 5.02 Å². The van der Waals surface area contributed by atoms with Crippen molar-refractivity contribution < 1.29 is 23.9 Å². The molecule has 29 heavy (non-hydrogen) atoms. The molecule has 7 nitrogen and oxygen atoms in total. The molecule has 0 saturated carbocycles. The minimum atomic E-state index is -0.216. The van der Waals surface area contributed by atoms with Gasteiger partial charge in [0.1, 0.15) is 18.1 Å². The molecule has 0 aliphatic carbocycles. The van der Waals surface area contributed by atoms with E-state index in [4.69, 9.17) is 21.1 Å². The summed E-state index contributed by atoms with van der Waals surface area (Å²) in [4.78, 5) is 38.7. The number of nitrogens with zero attached hydrogens (tertiary/aromatic N) is 2. The molecule has 0 bridgehead atoms. The molecule has 0 unspecified atom stereocenters. The van der Waals surface area contributed by atoms with E-state index in [1.54, 1.807) is 35.2 Å². The summed E-state index contributed by atoms with van der Waals surface area (Å²) in [5, 5.41) is 0.265. The Morgan fingerprint density at radius 1 is 1.10 bits per heavy atom. The second-order valence-corrected chi connectivity index (χ2v) is 7.87. The number of imide groups is 1. The number of fused-ring (bicyclic) bond motifs is 1. The lowest BCUT2D eigenvalue weighted by molar-refractivity contribution is -0.125. The molecule has 9 heteroatoms. The van der Waals surface area contributed by atoms with Crippen LogP contribution in [0.15, 0.2) is 42.5 Å². The highest BCUT2D eigenvalue weighted by atomic mass is 35.5. The van der Waals surface area contributed by atoms with Crippen LogP contribution in [0.5, 0.6) is 11.5 Å². The van der Waals surface area contributed by atoms with Crippen molar-refractivity contribution in [2.24, 2.45) is 0 Å². The summed E-state index contributed by atoms with van der Waals surface area (Å²) in [6, 6.07) is 12.1. The van der Waals surface area contributed by atoms with Crippen molar-refractivity contribution in [2.45, 2.75) is 6.54 Å². The zero-order chi connectivity index (χ0) is 20.4. The summed E-state index contributed by atoms with van der Waals surface area (Å²) >= 11 is 6.98. The summed E-state index contributed by atoms with van der Waals surface area (Å²) in [6.07, 6.45) is 0. The molecule has 0 atom stereocenters. The summed E-state index contributed by atoms with van der Waals surface area (Å²) in [5.41, 5.74) is 1.28. The van der Waals surface area contributed by atoms with Crippen molar-refractivity contribution in [3.8, 4) is 11.5 Å². The fourth-order valence-electron chi connectivity index (χ4n) is 3.02. The van der Waals surface area contributed by atoms with Gasteiger partial charge in [0, 0.05) is 5.02 Å². The van der Waals surface area contributed by atoms with E-state index in [1.165, 1.54) is 4.90 Å². The van der Waals surface area contributed by atoms with Gasteiger partial charge in [0.15, 0.2) is 6.73 Å². The molecule has 150 valence electrons. The molecule has 0 aromatic heterocycles. The molecule has 2 aliphatic heterocycles. The van der Waals surface area contributed by atoms with Gasteiger partial charge in [0.05, 0.1) is 24.4 Å². The van der Waals surface area contributed by atoms with E-state index in [1.807, 2.05) is 12.1 Å². The molecule has 1 saturated heterocycles. The van der Waals surface area contributed by atoms with Crippen LogP contribution in [0.3, 0.4) is 0 Å². The van der Waals surface area contributed by atoms with E-state index in [2.05, 4.69) is 0 Å². The fourth-order valence-corrected chi connectivity index (χ4v) is 3.92. The van der Waals surface area contributed by atoms with Crippen LogP contribution in [0.25, 0.3) is 0 Å². The first-order valence-electron chi connectivity index (χ1n) is 8.92. The summed E-state index contributed by atoms with van der Waals surface area (Å²) in [7, 11) is 0. The van der Waals surface area contributed by atoms with Crippen LogP contribution >= 0.6 is 23.4 Å². The molecule has 0 N–H and O–H groups in total. The van der Waals surface area contributed by atoms with Gasteiger partial charge in [-0.3, -0.25) is 19.3 Å². The minimum absolute atomic E-state index is 0.148. The van der Waals surface area contributed by atoms with Crippen LogP contribution in [-0.2, 0) is 11.3 Å². The van der Waals surface area contributed by atoms with E-state index >= 15 is 0 Å². The van der Waals surface area contributed by atoms with Crippen LogP contribution < -0.4 is 9.47 Å². The molecular weight excluding hydrogens is 416 g/mol. The highest BCUT2D eigenvalue weighted by molar-refractivity contribution is 8.14. The smallest absolute Gasteiger partial charge is 0.289 e. The van der Waals surface area contributed by atoms with Gasteiger partial charge in [-0.25, -0.2) is 0 Å². The van der Waals surface area contributed by atoms with E-state index in [9.17, 15) is 14.4 Å². The van der Waals surface area contributed by atoms with E-state index in [0.29, 0.717) is 35.2 Å². The average Bonchev–Trinajstić information content (AvgIpc) is 3.03. The van der Waals surface area contributed by atoms with Gasteiger partial charge in [-0.15, -0.1) is 0 Å². The molecular formula is C20H17ClN2O5S. The summed E-state index contributed by atoms with van der Waals surface area (Å²) in [6.45, 7) is 1.07. The molecule has 1 fully saturated rings. The van der Waals surface area contributed by atoms with Crippen LogP contribution in [0, 0.1) is 0 Å². The maximum absolute atomic E-state index is 12.5. The number of hydrogen-bond donors (Lipinski definition) is 0. The van der Waals surface area contributed by atoms with Crippen LogP contribution in [-0.4, -0.2) is 52.5 Å². The number of hydrogen-bond acceptors (Lipinski definition) is 6. The van der Waals surface area contributed by atoms with Gasteiger partial charge < -0.3 is 14.4 Å². The lowest BCUT2D eigenvalue weighted by Crippen LogP contribution is -2.41. The third-order valence-electron chi connectivity index (χ3n) is 4.57. The number of rotatable bonds is 6. The molecule has 4 rings (SSSR count). The predicted octanol–water partition coefficient (Wildman–Crippen LogP) is 3.41. The van der Waals surface area contributed by atoms with Crippen molar-refractivity contribution in [1.29, 1.82) is 0 Å². The quantitative estimate of drug-likeness (QED) is 0.696. The Hall–Kier alpha value is -2.71. The van der Waals surface area contributed by atoms with E-state index in [0.717, 1.165) is 17.3 Å². The normalized spacial score (nSPS) is 16.1. The molecule has 3 amide bonds. The molecule has 2 aromatic carbocycles. The first-order chi connectivity index (χ1) is 14.0. The summed E-state index contributed by atoms with van der Waals surface area (Å²) in [5.74, 6) is 1.05. The number of thioether (sulfide) groups is 1. The highest BCUT2D eigenvalue weighted by Gasteiger charge is 2.29. The SMILES string of the molecule is O=C1c2cc(Cl)ccc2OCN1CCOc1ccc(CN2C(=O)CSC2=O)cc1. The molecule has 0 radical (unpaired) electrons. The Labute approximate surface area is 176 Å². The van der Waals surface area contributed by atoms with Crippen molar-refractivity contribution >= 4 is 40.4 Å². The number of ether oxygens (including phenoxy) is 2. The van der Waals surface area contributed by atoms with E-state index < -0.39 is 0 Å². The monoisotopic (exact) mass is 432 g/mol. The Bertz CT molecular complexity index is 950. The Morgan fingerprint density at radius 3 is 2.62 bits per heavy atom. The number of carbonyl (C=O) groups is 3. The lowest BCUT2D eigenvalue weighted by atomic mass is 10.1. The standard InChI is InChI=1S/C20H17ClN2O5S/c21-14-3-6-17-16(9-14)19(25)22(12-28-17)7-8-27-15-4-1-13(2-5-15)10-23-18(24)11-29-20(23)26/h1-6,9H,7-8,10-12H2. The van der Waals surface area contributed by atoms with Crippen molar-refractivity contribution in [1.82, 2.24) is 9.80 Å². The van der Waals surface area contributed by atoms with Crippen molar-refractivity contribution in [3.63, 3.8) is 0 Å². The lowest BCUT2D eigenvalue weighted by Gasteiger charge is -2.28. The van der Waals surface area contributed by atoms with Gasteiger partial charge >= 0.3 is 0 Å². The molecule has 0 spiro atoms. The number of carbonyl (C=O) groups excluding carboxylic acids is 3. The Kier molecular flexibility index (Phi) is 5.64. The zero-order valence-corrected chi connectivity index (χ0v) is 16.9. The fraction of sp³-hybridized carbons (Fsp3) is 0.250. The molecule has 2 aliphatic rings. The number of benzene rings is 2. The van der Waals surface area contributed by atoms with Crippen molar-refractivity contribution in [2.75, 3.05) is 25.6 Å². The van der Waals surface area contributed by atoms with Gasteiger partial charge in [-0.1, -0.05) is 35.5 Å². The first-order valence-corrected chi connectivity index (χ1v) is 10.3. The highest BCUT2D eigenvalue weighted by Crippen LogP contribution is 2.28.